The van der Waals surface area contributed by atoms with E-state index in [1.807, 2.05) is 48.1 Å². The number of carbonyl (C=O) groups is 1. The fraction of sp³-hybridized carbons (Fsp3) is 0.111. The van der Waals surface area contributed by atoms with Crippen LogP contribution < -0.4 is 5.32 Å². The van der Waals surface area contributed by atoms with Gasteiger partial charge in [0, 0.05) is 42.1 Å². The second kappa shape index (κ2) is 6.20. The van der Waals surface area contributed by atoms with Crippen molar-refractivity contribution in [2.75, 3.05) is 5.32 Å². The van der Waals surface area contributed by atoms with E-state index in [9.17, 15) is 4.79 Å². The van der Waals surface area contributed by atoms with Gasteiger partial charge in [0.1, 0.15) is 6.33 Å². The van der Waals surface area contributed by atoms with Gasteiger partial charge in [-0.2, -0.15) is 0 Å². The number of amides is 1. The maximum atomic E-state index is 12.6. The van der Waals surface area contributed by atoms with Crippen molar-refractivity contribution in [2.24, 2.45) is 7.05 Å². The lowest BCUT2D eigenvalue weighted by Crippen LogP contribution is -2.14. The Morgan fingerprint density at radius 3 is 2.96 bits per heavy atom. The Morgan fingerprint density at radius 1 is 1.20 bits per heavy atom. The summed E-state index contributed by atoms with van der Waals surface area (Å²) in [5.41, 5.74) is 2.61. The smallest absolute Gasteiger partial charge is 0.258 e. The quantitative estimate of drug-likeness (QED) is 0.623. The predicted molar refractivity (Wildman–Crippen MR) is 94.2 cm³/mol. The number of pyridine rings is 1. The van der Waals surface area contributed by atoms with Crippen LogP contribution in [0.4, 0.5) is 5.95 Å². The van der Waals surface area contributed by atoms with Crippen molar-refractivity contribution in [3.05, 3.63) is 72.4 Å². The highest BCUT2D eigenvalue weighted by Crippen LogP contribution is 2.20. The third-order valence-electron chi connectivity index (χ3n) is 4.00. The van der Waals surface area contributed by atoms with Gasteiger partial charge in [0.25, 0.3) is 5.91 Å². The molecule has 4 rings (SSSR count). The number of aromatic nitrogens is 5. The molecule has 0 radical (unpaired) electrons. The molecule has 1 amide bonds. The van der Waals surface area contributed by atoms with Crippen LogP contribution in [0.15, 0.2) is 61.3 Å². The molecule has 1 N–H and O–H groups in total. The van der Waals surface area contributed by atoms with E-state index >= 15 is 0 Å². The molecule has 3 aromatic heterocycles. The summed E-state index contributed by atoms with van der Waals surface area (Å²) >= 11 is 0. The first-order chi connectivity index (χ1) is 12.2. The van der Waals surface area contributed by atoms with Crippen LogP contribution in [0.2, 0.25) is 0 Å². The molecule has 1 aromatic carbocycles. The highest BCUT2D eigenvalue weighted by Gasteiger charge is 2.13. The van der Waals surface area contributed by atoms with Crippen LogP contribution in [0.1, 0.15) is 15.9 Å². The second-order valence-electron chi connectivity index (χ2n) is 5.75. The first-order valence-electron chi connectivity index (χ1n) is 7.84. The third-order valence-corrected chi connectivity index (χ3v) is 4.00. The van der Waals surface area contributed by atoms with Crippen molar-refractivity contribution in [3.8, 4) is 0 Å². The minimum absolute atomic E-state index is 0.226. The molecule has 0 aliphatic carbocycles. The van der Waals surface area contributed by atoms with Gasteiger partial charge < -0.3 is 4.57 Å². The number of hydrogen-bond donors (Lipinski definition) is 1. The summed E-state index contributed by atoms with van der Waals surface area (Å²) in [6, 6.07) is 11.4. The fourth-order valence-electron chi connectivity index (χ4n) is 2.78. The normalized spacial score (nSPS) is 10.9. The van der Waals surface area contributed by atoms with Crippen molar-refractivity contribution >= 4 is 22.8 Å². The molecule has 0 unspecified atom stereocenters. The molecule has 0 aliphatic rings. The van der Waals surface area contributed by atoms with E-state index < -0.39 is 0 Å². The van der Waals surface area contributed by atoms with E-state index in [1.54, 1.807) is 29.5 Å². The van der Waals surface area contributed by atoms with Crippen molar-refractivity contribution in [1.82, 2.24) is 24.3 Å². The van der Waals surface area contributed by atoms with Gasteiger partial charge in [0.15, 0.2) is 0 Å². The number of nitrogens with zero attached hydrogens (tertiary/aromatic N) is 5. The van der Waals surface area contributed by atoms with E-state index in [0.29, 0.717) is 12.1 Å². The molecule has 0 bridgehead atoms. The zero-order valence-corrected chi connectivity index (χ0v) is 13.6. The summed E-state index contributed by atoms with van der Waals surface area (Å²) in [6.45, 7) is 0.547. The van der Waals surface area contributed by atoms with Gasteiger partial charge in [0.05, 0.1) is 6.54 Å². The van der Waals surface area contributed by atoms with E-state index in [4.69, 9.17) is 0 Å². The minimum Gasteiger partial charge on any atom is -0.351 e. The lowest BCUT2D eigenvalue weighted by Gasteiger charge is -2.04. The van der Waals surface area contributed by atoms with E-state index in [-0.39, 0.29) is 11.9 Å². The van der Waals surface area contributed by atoms with Crippen LogP contribution in [-0.4, -0.2) is 30.2 Å². The number of fused-ring (bicyclic) bond motifs is 1. The summed E-state index contributed by atoms with van der Waals surface area (Å²) in [5.74, 6) is 0.0535. The van der Waals surface area contributed by atoms with Crippen LogP contribution in [0.25, 0.3) is 10.9 Å². The maximum absolute atomic E-state index is 12.6. The number of hydrogen-bond acceptors (Lipinski definition) is 4. The van der Waals surface area contributed by atoms with Crippen LogP contribution >= 0.6 is 0 Å². The summed E-state index contributed by atoms with van der Waals surface area (Å²) < 4.78 is 3.64. The second-order valence-corrected chi connectivity index (χ2v) is 5.75. The van der Waals surface area contributed by atoms with E-state index in [1.165, 1.54) is 0 Å². The van der Waals surface area contributed by atoms with Gasteiger partial charge in [0.2, 0.25) is 5.95 Å². The molecule has 124 valence electrons. The predicted octanol–water partition coefficient (Wildman–Crippen LogP) is 2.47. The minimum atomic E-state index is -0.226. The van der Waals surface area contributed by atoms with Crippen molar-refractivity contribution in [2.45, 2.75) is 6.54 Å². The Labute approximate surface area is 143 Å². The summed E-state index contributed by atoms with van der Waals surface area (Å²) in [6.07, 6.45) is 7.02. The van der Waals surface area contributed by atoms with Gasteiger partial charge in [-0.1, -0.05) is 12.1 Å². The molecule has 0 spiro atoms. The summed E-state index contributed by atoms with van der Waals surface area (Å²) in [7, 11) is 1.95. The van der Waals surface area contributed by atoms with Crippen molar-refractivity contribution < 1.29 is 4.79 Å². The maximum Gasteiger partial charge on any atom is 0.258 e. The zero-order chi connectivity index (χ0) is 17.2. The van der Waals surface area contributed by atoms with Crippen LogP contribution in [0, 0.1) is 0 Å². The van der Waals surface area contributed by atoms with Crippen LogP contribution in [0.3, 0.4) is 0 Å². The van der Waals surface area contributed by atoms with Gasteiger partial charge in [-0.3, -0.25) is 15.1 Å². The summed E-state index contributed by atoms with van der Waals surface area (Å²) in [4.78, 5) is 20.8. The number of anilines is 1. The van der Waals surface area contributed by atoms with Gasteiger partial charge in [-0.05, 0) is 29.8 Å². The first-order valence-corrected chi connectivity index (χ1v) is 7.84. The number of nitrogens with one attached hydrogen (secondary N) is 1. The van der Waals surface area contributed by atoms with Crippen molar-refractivity contribution in [1.29, 1.82) is 0 Å². The van der Waals surface area contributed by atoms with Gasteiger partial charge in [-0.15, -0.1) is 5.10 Å². The third kappa shape index (κ3) is 2.99. The molecule has 0 saturated carbocycles. The molecule has 3 heterocycles. The highest BCUT2D eigenvalue weighted by atomic mass is 16.1. The largest absolute Gasteiger partial charge is 0.351 e. The lowest BCUT2D eigenvalue weighted by atomic mass is 10.1. The average molecular weight is 332 g/mol. The summed E-state index contributed by atoms with van der Waals surface area (Å²) in [5, 5.41) is 7.96. The van der Waals surface area contributed by atoms with E-state index in [2.05, 4.69) is 20.4 Å². The van der Waals surface area contributed by atoms with Gasteiger partial charge >= 0.3 is 0 Å². The molecule has 7 nitrogen and oxygen atoms in total. The monoisotopic (exact) mass is 332 g/mol. The Balaban J connectivity index is 1.53. The molecule has 0 saturated heterocycles. The van der Waals surface area contributed by atoms with Crippen LogP contribution in [-0.2, 0) is 13.6 Å². The fourth-order valence-corrected chi connectivity index (χ4v) is 2.78. The molecule has 0 aliphatic heterocycles. The highest BCUT2D eigenvalue weighted by molar-refractivity contribution is 6.12. The molecule has 4 aromatic rings. The molecule has 0 fully saturated rings. The average Bonchev–Trinajstić information content (AvgIpc) is 3.22. The van der Waals surface area contributed by atoms with Crippen LogP contribution in [0.5, 0.6) is 0 Å². The topological polar surface area (TPSA) is 77.6 Å². The Bertz CT molecular complexity index is 1030. The Morgan fingerprint density at radius 2 is 2.12 bits per heavy atom. The van der Waals surface area contributed by atoms with Gasteiger partial charge in [-0.25, -0.2) is 9.67 Å². The first kappa shape index (κ1) is 15.1. The molecular weight excluding hydrogens is 316 g/mol. The Hall–Kier alpha value is -3.48. The molecule has 25 heavy (non-hydrogen) atoms. The number of carbonyl (C=O) groups excluding carboxylic acids is 1. The lowest BCUT2D eigenvalue weighted by molar-refractivity contribution is 0.102. The standard InChI is InChI=1S/C18H16N6O/c1-23-9-7-14-15(5-2-6-16(14)23)17(25)21-18-20-12-24(22-18)11-13-4-3-8-19-10-13/h2-10,12H,11H2,1H3,(H,21,22,25). The number of benzene rings is 1. The van der Waals surface area contributed by atoms with E-state index in [0.717, 1.165) is 16.5 Å². The number of rotatable bonds is 4. The Kier molecular flexibility index (Phi) is 3.74. The molecule has 7 heteroatoms. The molecule has 0 atom stereocenters. The molecular formula is C18H16N6O. The SMILES string of the molecule is Cn1ccc2c(C(=O)Nc3ncn(Cc4cccnc4)n3)cccc21. The van der Waals surface area contributed by atoms with Crippen molar-refractivity contribution in [3.63, 3.8) is 0 Å². The number of aryl methyl sites for hydroxylation is 1. The zero-order valence-electron chi connectivity index (χ0n) is 13.6.